The first-order chi connectivity index (χ1) is 9.76. The normalized spacial score (nSPS) is 18.3. The SMILES string of the molecule is CCNc1ccc(C(=O)N2CCCC2CCCO)nc1. The summed E-state index contributed by atoms with van der Waals surface area (Å²) >= 11 is 0. The summed E-state index contributed by atoms with van der Waals surface area (Å²) in [7, 11) is 0. The number of nitrogens with zero attached hydrogens (tertiary/aromatic N) is 2. The number of carbonyl (C=O) groups excluding carboxylic acids is 1. The lowest BCUT2D eigenvalue weighted by Crippen LogP contribution is -2.36. The summed E-state index contributed by atoms with van der Waals surface area (Å²) in [6.07, 6.45) is 5.40. The molecule has 1 aliphatic rings. The maximum Gasteiger partial charge on any atom is 0.272 e. The minimum absolute atomic E-state index is 0.00786. The molecule has 2 heterocycles. The van der Waals surface area contributed by atoms with Crippen molar-refractivity contribution < 1.29 is 9.90 Å². The molecule has 1 atom stereocenters. The van der Waals surface area contributed by atoms with Gasteiger partial charge in [0.15, 0.2) is 0 Å². The van der Waals surface area contributed by atoms with E-state index in [-0.39, 0.29) is 18.6 Å². The van der Waals surface area contributed by atoms with E-state index in [4.69, 9.17) is 5.11 Å². The Morgan fingerprint density at radius 3 is 3.05 bits per heavy atom. The van der Waals surface area contributed by atoms with E-state index in [0.717, 1.165) is 44.5 Å². The van der Waals surface area contributed by atoms with Crippen LogP contribution in [0.25, 0.3) is 0 Å². The predicted molar refractivity (Wildman–Crippen MR) is 78.8 cm³/mol. The van der Waals surface area contributed by atoms with Crippen LogP contribution in [-0.4, -0.2) is 46.6 Å². The van der Waals surface area contributed by atoms with E-state index in [0.29, 0.717) is 5.69 Å². The van der Waals surface area contributed by atoms with Crippen LogP contribution in [0.5, 0.6) is 0 Å². The number of aliphatic hydroxyl groups is 1. The Kier molecular flexibility index (Phi) is 5.35. The molecule has 20 heavy (non-hydrogen) atoms. The average Bonchev–Trinajstić information content (AvgIpc) is 2.94. The quantitative estimate of drug-likeness (QED) is 0.833. The summed E-state index contributed by atoms with van der Waals surface area (Å²) in [6.45, 7) is 3.85. The van der Waals surface area contributed by atoms with Crippen molar-refractivity contribution in [2.45, 2.75) is 38.6 Å². The Morgan fingerprint density at radius 2 is 2.40 bits per heavy atom. The molecule has 1 aromatic rings. The van der Waals surface area contributed by atoms with Crippen LogP contribution in [0.1, 0.15) is 43.1 Å². The molecular formula is C15H23N3O2. The number of aromatic nitrogens is 1. The monoisotopic (exact) mass is 277 g/mol. The molecule has 5 nitrogen and oxygen atoms in total. The second-order valence-corrected chi connectivity index (χ2v) is 5.12. The fourth-order valence-corrected chi connectivity index (χ4v) is 2.71. The van der Waals surface area contributed by atoms with Crippen LogP contribution in [0.4, 0.5) is 5.69 Å². The van der Waals surface area contributed by atoms with Crippen LogP contribution in [0.2, 0.25) is 0 Å². The van der Waals surface area contributed by atoms with Crippen LogP contribution in [0.15, 0.2) is 18.3 Å². The summed E-state index contributed by atoms with van der Waals surface area (Å²) in [5.41, 5.74) is 1.44. The molecule has 5 heteroatoms. The molecule has 0 spiro atoms. The lowest BCUT2D eigenvalue weighted by molar-refractivity contribution is 0.0718. The molecule has 1 aliphatic heterocycles. The number of amides is 1. The highest BCUT2D eigenvalue weighted by molar-refractivity contribution is 5.92. The number of hydrogen-bond donors (Lipinski definition) is 2. The lowest BCUT2D eigenvalue weighted by atomic mass is 10.1. The molecule has 2 rings (SSSR count). The van der Waals surface area contributed by atoms with Gasteiger partial charge in [-0.1, -0.05) is 0 Å². The fourth-order valence-electron chi connectivity index (χ4n) is 2.71. The van der Waals surface area contributed by atoms with Crippen LogP contribution in [0.3, 0.4) is 0 Å². The van der Waals surface area contributed by atoms with E-state index in [1.54, 1.807) is 12.3 Å². The van der Waals surface area contributed by atoms with Crippen molar-refractivity contribution in [3.8, 4) is 0 Å². The molecule has 1 fully saturated rings. The molecule has 0 aliphatic carbocycles. The van der Waals surface area contributed by atoms with Crippen LogP contribution >= 0.6 is 0 Å². The molecule has 0 bridgehead atoms. The van der Waals surface area contributed by atoms with Gasteiger partial charge < -0.3 is 15.3 Å². The zero-order chi connectivity index (χ0) is 14.4. The second kappa shape index (κ2) is 7.24. The Hall–Kier alpha value is -1.62. The zero-order valence-corrected chi connectivity index (χ0v) is 12.0. The third-order valence-corrected chi connectivity index (χ3v) is 3.70. The van der Waals surface area contributed by atoms with Gasteiger partial charge in [0.25, 0.3) is 5.91 Å². The Morgan fingerprint density at radius 1 is 1.55 bits per heavy atom. The van der Waals surface area contributed by atoms with E-state index in [9.17, 15) is 4.79 Å². The Bertz CT molecular complexity index is 433. The largest absolute Gasteiger partial charge is 0.396 e. The van der Waals surface area contributed by atoms with Crippen molar-refractivity contribution >= 4 is 11.6 Å². The Labute approximate surface area is 120 Å². The van der Waals surface area contributed by atoms with Crippen molar-refractivity contribution in [2.24, 2.45) is 0 Å². The van der Waals surface area contributed by atoms with Crippen molar-refractivity contribution in [2.75, 3.05) is 25.0 Å². The van der Waals surface area contributed by atoms with E-state index in [1.165, 1.54) is 0 Å². The first-order valence-electron chi connectivity index (χ1n) is 7.38. The number of carbonyl (C=O) groups is 1. The Balaban J connectivity index is 2.02. The molecule has 1 aromatic heterocycles. The summed E-state index contributed by atoms with van der Waals surface area (Å²) < 4.78 is 0. The molecule has 2 N–H and O–H groups in total. The molecular weight excluding hydrogens is 254 g/mol. The minimum atomic E-state index is 0.00786. The van der Waals surface area contributed by atoms with Gasteiger partial charge >= 0.3 is 0 Å². The predicted octanol–water partition coefficient (Wildman–Crippen LogP) is 1.89. The summed E-state index contributed by atoms with van der Waals surface area (Å²) in [5, 5.41) is 12.1. The molecule has 0 aromatic carbocycles. The molecule has 1 amide bonds. The second-order valence-electron chi connectivity index (χ2n) is 5.12. The van der Waals surface area contributed by atoms with Gasteiger partial charge in [0.05, 0.1) is 11.9 Å². The maximum absolute atomic E-state index is 12.5. The van der Waals surface area contributed by atoms with E-state index in [2.05, 4.69) is 10.3 Å². The highest BCUT2D eigenvalue weighted by Crippen LogP contribution is 2.23. The number of nitrogens with one attached hydrogen (secondary N) is 1. The van der Waals surface area contributed by atoms with E-state index < -0.39 is 0 Å². The van der Waals surface area contributed by atoms with Gasteiger partial charge in [-0.2, -0.15) is 0 Å². The highest BCUT2D eigenvalue weighted by Gasteiger charge is 2.29. The molecule has 0 radical (unpaired) electrons. The van der Waals surface area contributed by atoms with E-state index >= 15 is 0 Å². The molecule has 0 saturated carbocycles. The van der Waals surface area contributed by atoms with Crippen LogP contribution in [-0.2, 0) is 0 Å². The number of rotatable bonds is 6. The number of pyridine rings is 1. The smallest absolute Gasteiger partial charge is 0.272 e. The number of anilines is 1. The van der Waals surface area contributed by atoms with Gasteiger partial charge in [0.1, 0.15) is 5.69 Å². The first kappa shape index (κ1) is 14.8. The van der Waals surface area contributed by atoms with Crippen molar-refractivity contribution in [1.29, 1.82) is 0 Å². The fraction of sp³-hybridized carbons (Fsp3) is 0.600. The number of aliphatic hydroxyl groups excluding tert-OH is 1. The van der Waals surface area contributed by atoms with Crippen molar-refractivity contribution in [1.82, 2.24) is 9.88 Å². The lowest BCUT2D eigenvalue weighted by Gasteiger charge is -2.24. The molecule has 1 unspecified atom stereocenters. The van der Waals surface area contributed by atoms with Crippen LogP contribution < -0.4 is 5.32 Å². The topological polar surface area (TPSA) is 65.5 Å². The number of likely N-dealkylation sites (tertiary alicyclic amines) is 1. The maximum atomic E-state index is 12.5. The first-order valence-corrected chi connectivity index (χ1v) is 7.38. The third-order valence-electron chi connectivity index (χ3n) is 3.70. The molecule has 1 saturated heterocycles. The molecule has 110 valence electrons. The van der Waals surface area contributed by atoms with Crippen molar-refractivity contribution in [3.63, 3.8) is 0 Å². The minimum Gasteiger partial charge on any atom is -0.396 e. The van der Waals surface area contributed by atoms with Gasteiger partial charge in [0.2, 0.25) is 0 Å². The van der Waals surface area contributed by atoms with Gasteiger partial charge in [-0.15, -0.1) is 0 Å². The van der Waals surface area contributed by atoms with Gasteiger partial charge in [-0.25, -0.2) is 4.98 Å². The van der Waals surface area contributed by atoms with Gasteiger partial charge in [-0.05, 0) is 44.7 Å². The summed E-state index contributed by atoms with van der Waals surface area (Å²) in [5.74, 6) is 0.00786. The zero-order valence-electron chi connectivity index (χ0n) is 12.0. The summed E-state index contributed by atoms with van der Waals surface area (Å²) in [4.78, 5) is 18.6. The highest BCUT2D eigenvalue weighted by atomic mass is 16.3. The van der Waals surface area contributed by atoms with Gasteiger partial charge in [0, 0.05) is 25.7 Å². The van der Waals surface area contributed by atoms with Crippen LogP contribution in [0, 0.1) is 0 Å². The average molecular weight is 277 g/mol. The van der Waals surface area contributed by atoms with Crippen molar-refractivity contribution in [3.05, 3.63) is 24.0 Å². The number of hydrogen-bond acceptors (Lipinski definition) is 4. The standard InChI is InChI=1S/C15H23N3O2/c1-2-16-12-7-8-14(17-11-12)15(20)18-9-3-5-13(18)6-4-10-19/h7-8,11,13,16,19H,2-6,9-10H2,1H3. The third kappa shape index (κ3) is 3.48. The summed E-state index contributed by atoms with van der Waals surface area (Å²) in [6, 6.07) is 3.93. The van der Waals surface area contributed by atoms with Gasteiger partial charge in [-0.3, -0.25) is 4.79 Å². The van der Waals surface area contributed by atoms with E-state index in [1.807, 2.05) is 17.9 Å².